The molecule has 76 valence electrons. The van der Waals surface area contributed by atoms with Crippen molar-refractivity contribution in [2.75, 3.05) is 0 Å². The van der Waals surface area contributed by atoms with Crippen molar-refractivity contribution in [3.05, 3.63) is 30.4 Å². The molecule has 2 aromatic rings. The highest BCUT2D eigenvalue weighted by Gasteiger charge is 2.06. The largest absolute Gasteiger partial charge is 0.315 e. The molecule has 2 rings (SSSR count). The molecule has 0 radical (unpaired) electrons. The molecule has 2 heterocycles. The van der Waals surface area contributed by atoms with Crippen LogP contribution in [0.3, 0.4) is 0 Å². The summed E-state index contributed by atoms with van der Waals surface area (Å²) in [5, 5.41) is 12.8. The molecule has 6 nitrogen and oxygen atoms in total. The molecule has 0 fully saturated rings. The van der Waals surface area contributed by atoms with Gasteiger partial charge in [0.15, 0.2) is 0 Å². The minimum absolute atomic E-state index is 0.389. The van der Waals surface area contributed by atoms with Gasteiger partial charge in [-0.25, -0.2) is 14.6 Å². The second kappa shape index (κ2) is 3.92. The molecule has 0 spiro atoms. The molecule has 0 saturated heterocycles. The lowest BCUT2D eigenvalue weighted by Gasteiger charge is -2.04. The third-order valence-electron chi connectivity index (χ3n) is 2.12. The van der Waals surface area contributed by atoms with E-state index < -0.39 is 0 Å². The van der Waals surface area contributed by atoms with Crippen LogP contribution in [0.15, 0.2) is 18.7 Å². The van der Waals surface area contributed by atoms with Crippen molar-refractivity contribution in [2.24, 2.45) is 0 Å². The van der Waals surface area contributed by atoms with E-state index in [0.717, 1.165) is 12.4 Å². The first-order chi connectivity index (χ1) is 7.35. The van der Waals surface area contributed by atoms with Crippen LogP contribution in [-0.4, -0.2) is 24.3 Å². The molecule has 0 unspecified atom stereocenters. The van der Waals surface area contributed by atoms with Crippen molar-refractivity contribution in [2.45, 2.75) is 20.0 Å². The summed E-state index contributed by atoms with van der Waals surface area (Å²) in [5.74, 6) is 1.22. The SMILES string of the molecule is CCn1ncnc1Cn1ccnc1C#N. The normalized spacial score (nSPS) is 10.1. The lowest BCUT2D eigenvalue weighted by Crippen LogP contribution is -2.09. The van der Waals surface area contributed by atoms with Gasteiger partial charge in [0.25, 0.3) is 0 Å². The molecule has 0 amide bonds. The molecule has 0 saturated carbocycles. The van der Waals surface area contributed by atoms with Gasteiger partial charge in [0.2, 0.25) is 5.82 Å². The van der Waals surface area contributed by atoms with E-state index in [1.807, 2.05) is 13.0 Å². The minimum Gasteiger partial charge on any atom is -0.315 e. The third kappa shape index (κ3) is 1.72. The summed E-state index contributed by atoms with van der Waals surface area (Å²) < 4.78 is 3.54. The van der Waals surface area contributed by atoms with Crippen molar-refractivity contribution in [3.63, 3.8) is 0 Å². The van der Waals surface area contributed by atoms with Crippen LogP contribution in [-0.2, 0) is 13.1 Å². The second-order valence-electron chi connectivity index (χ2n) is 2.98. The Morgan fingerprint density at radius 2 is 2.33 bits per heavy atom. The predicted molar refractivity (Wildman–Crippen MR) is 51.7 cm³/mol. The van der Waals surface area contributed by atoms with Gasteiger partial charge in [-0.2, -0.15) is 10.4 Å². The van der Waals surface area contributed by atoms with Crippen LogP contribution in [0.2, 0.25) is 0 Å². The van der Waals surface area contributed by atoms with Crippen molar-refractivity contribution in [1.29, 1.82) is 5.26 Å². The minimum atomic E-state index is 0.389. The van der Waals surface area contributed by atoms with Gasteiger partial charge in [0.1, 0.15) is 18.2 Å². The molecule has 0 atom stereocenters. The van der Waals surface area contributed by atoms with E-state index in [9.17, 15) is 0 Å². The quantitative estimate of drug-likeness (QED) is 0.722. The third-order valence-corrected chi connectivity index (χ3v) is 2.12. The van der Waals surface area contributed by atoms with Gasteiger partial charge in [-0.05, 0) is 6.92 Å². The number of rotatable bonds is 3. The fraction of sp³-hybridized carbons (Fsp3) is 0.333. The zero-order valence-corrected chi connectivity index (χ0v) is 8.33. The van der Waals surface area contributed by atoms with E-state index >= 15 is 0 Å². The van der Waals surface area contributed by atoms with E-state index in [-0.39, 0.29) is 0 Å². The van der Waals surface area contributed by atoms with Gasteiger partial charge in [0.05, 0.1) is 6.54 Å². The van der Waals surface area contributed by atoms with Gasteiger partial charge in [-0.1, -0.05) is 0 Å². The Labute approximate surface area is 86.8 Å². The summed E-state index contributed by atoms with van der Waals surface area (Å²) in [6.45, 7) is 3.29. The molecule has 0 bridgehead atoms. The van der Waals surface area contributed by atoms with E-state index in [1.54, 1.807) is 21.6 Å². The molecule has 6 heteroatoms. The summed E-state index contributed by atoms with van der Waals surface area (Å²) in [4.78, 5) is 8.05. The first kappa shape index (κ1) is 9.40. The van der Waals surface area contributed by atoms with Crippen LogP contribution in [0.5, 0.6) is 0 Å². The van der Waals surface area contributed by atoms with Crippen molar-refractivity contribution >= 4 is 0 Å². The maximum absolute atomic E-state index is 8.79. The molecule has 15 heavy (non-hydrogen) atoms. The van der Waals surface area contributed by atoms with Gasteiger partial charge in [-0.15, -0.1) is 0 Å². The second-order valence-corrected chi connectivity index (χ2v) is 2.98. The zero-order valence-electron chi connectivity index (χ0n) is 8.33. The molecule has 0 aliphatic rings. The average Bonchev–Trinajstić information content (AvgIpc) is 2.87. The van der Waals surface area contributed by atoms with Gasteiger partial charge in [0, 0.05) is 18.9 Å². The highest BCUT2D eigenvalue weighted by molar-refractivity contribution is 5.12. The number of imidazole rings is 1. The maximum Gasteiger partial charge on any atom is 0.213 e. The fourth-order valence-corrected chi connectivity index (χ4v) is 1.38. The average molecular weight is 202 g/mol. The number of aryl methyl sites for hydroxylation is 1. The number of nitriles is 1. The Balaban J connectivity index is 2.26. The summed E-state index contributed by atoms with van der Waals surface area (Å²) in [7, 11) is 0. The number of nitrogens with zero attached hydrogens (tertiary/aromatic N) is 6. The highest BCUT2D eigenvalue weighted by atomic mass is 15.3. The van der Waals surface area contributed by atoms with Crippen LogP contribution in [0.4, 0.5) is 0 Å². The van der Waals surface area contributed by atoms with Gasteiger partial charge >= 0.3 is 0 Å². The molecule has 0 aromatic carbocycles. The Kier molecular flexibility index (Phi) is 2.46. The van der Waals surface area contributed by atoms with Gasteiger partial charge in [-0.3, -0.25) is 0 Å². The topological polar surface area (TPSA) is 72.3 Å². The smallest absolute Gasteiger partial charge is 0.213 e. The molecule has 0 N–H and O–H groups in total. The first-order valence-corrected chi connectivity index (χ1v) is 4.63. The first-order valence-electron chi connectivity index (χ1n) is 4.63. The van der Waals surface area contributed by atoms with E-state index in [1.165, 1.54) is 6.33 Å². The molecule has 2 aromatic heterocycles. The van der Waals surface area contributed by atoms with Crippen LogP contribution < -0.4 is 0 Å². The Morgan fingerprint density at radius 1 is 1.47 bits per heavy atom. The van der Waals surface area contributed by atoms with Crippen LogP contribution >= 0.6 is 0 Å². The zero-order chi connectivity index (χ0) is 10.7. The summed E-state index contributed by atoms with van der Waals surface area (Å²) in [6.07, 6.45) is 4.88. The lowest BCUT2D eigenvalue weighted by molar-refractivity contribution is 0.590. The molecular formula is C9H10N6. The van der Waals surface area contributed by atoms with Crippen LogP contribution in [0, 0.1) is 11.3 Å². The van der Waals surface area contributed by atoms with Crippen molar-refractivity contribution in [3.8, 4) is 6.07 Å². The number of hydrogen-bond donors (Lipinski definition) is 0. The number of aromatic nitrogens is 5. The van der Waals surface area contributed by atoms with Crippen molar-refractivity contribution in [1.82, 2.24) is 24.3 Å². The fourth-order valence-electron chi connectivity index (χ4n) is 1.38. The van der Waals surface area contributed by atoms with Crippen molar-refractivity contribution < 1.29 is 0 Å². The lowest BCUT2D eigenvalue weighted by atomic mass is 10.5. The summed E-state index contributed by atoms with van der Waals surface area (Å²) >= 11 is 0. The van der Waals surface area contributed by atoms with E-state index in [2.05, 4.69) is 15.1 Å². The molecule has 0 aliphatic heterocycles. The standard InChI is InChI=1S/C9H10N6/c1-2-15-9(12-7-13-15)6-14-4-3-11-8(14)5-10/h3-4,7H,2,6H2,1H3. The van der Waals surface area contributed by atoms with Crippen LogP contribution in [0.1, 0.15) is 18.6 Å². The molecule has 0 aliphatic carbocycles. The Bertz CT molecular complexity index is 489. The van der Waals surface area contributed by atoms with E-state index in [0.29, 0.717) is 12.4 Å². The van der Waals surface area contributed by atoms with Crippen LogP contribution in [0.25, 0.3) is 0 Å². The van der Waals surface area contributed by atoms with Gasteiger partial charge < -0.3 is 4.57 Å². The highest BCUT2D eigenvalue weighted by Crippen LogP contribution is 2.01. The summed E-state index contributed by atoms with van der Waals surface area (Å²) in [5.41, 5.74) is 0. The number of hydrogen-bond acceptors (Lipinski definition) is 4. The maximum atomic E-state index is 8.79. The monoisotopic (exact) mass is 202 g/mol. The van der Waals surface area contributed by atoms with E-state index in [4.69, 9.17) is 5.26 Å². The molecular weight excluding hydrogens is 192 g/mol. The summed E-state index contributed by atoms with van der Waals surface area (Å²) in [6, 6.07) is 2.02. The Hall–Kier alpha value is -2.16. The predicted octanol–water partition coefficient (Wildman–Crippen LogP) is 0.414. The Morgan fingerprint density at radius 3 is 3.07 bits per heavy atom.